The molecular weight excluding hydrogens is 296 g/mol. The van der Waals surface area contributed by atoms with Gasteiger partial charge >= 0.3 is 5.69 Å². The lowest BCUT2D eigenvalue weighted by Crippen LogP contribution is -2.10. The lowest BCUT2D eigenvalue weighted by atomic mass is 10.2. The van der Waals surface area contributed by atoms with Gasteiger partial charge in [0, 0.05) is 16.5 Å². The smallest absolute Gasteiger partial charge is 0.323 e. The zero-order valence-corrected chi connectivity index (χ0v) is 11.8. The molecule has 0 radical (unpaired) electrons. The van der Waals surface area contributed by atoms with Gasteiger partial charge in [-0.05, 0) is 31.2 Å². The van der Waals surface area contributed by atoms with E-state index in [1.165, 1.54) is 37.3 Å². The molecule has 1 aromatic carbocycles. The molecule has 2 rings (SSSR count). The van der Waals surface area contributed by atoms with Crippen LogP contribution >= 0.6 is 11.3 Å². The number of carbonyl (C=O) groups excluding carboxylic acids is 1. The molecule has 7 nitrogen and oxygen atoms in total. The molecule has 1 aromatic heterocycles. The zero-order chi connectivity index (χ0) is 15.6. The van der Waals surface area contributed by atoms with Crippen molar-refractivity contribution in [2.24, 2.45) is 5.73 Å². The molecule has 2 aromatic rings. The molecule has 0 aliphatic carbocycles. The second-order valence-corrected chi connectivity index (χ2v) is 5.29. The lowest BCUT2D eigenvalue weighted by molar-refractivity contribution is -0.385. The van der Waals surface area contributed by atoms with Gasteiger partial charge in [-0.3, -0.25) is 14.9 Å². The monoisotopic (exact) mass is 308 g/mol. The Morgan fingerprint density at radius 1 is 1.43 bits per heavy atom. The Morgan fingerprint density at radius 3 is 2.52 bits per heavy atom. The molecule has 0 saturated carbocycles. The standard InChI is InChI=1S/C13H12N2O5S/c1-7(16)11-6-10(15(18)19)13(21-11)20-9-4-2-8(3-5-9)12(14)17/h2-7,16H,1H3,(H2,14,17)/t7-/m0/s1. The van der Waals surface area contributed by atoms with Crippen molar-refractivity contribution in [3.8, 4) is 10.8 Å². The van der Waals surface area contributed by atoms with Gasteiger partial charge in [-0.2, -0.15) is 0 Å². The normalized spacial score (nSPS) is 11.9. The van der Waals surface area contributed by atoms with E-state index in [2.05, 4.69) is 0 Å². The second kappa shape index (κ2) is 5.90. The molecule has 0 unspecified atom stereocenters. The van der Waals surface area contributed by atoms with E-state index in [0.29, 0.717) is 16.2 Å². The maximum atomic E-state index is 11.0. The largest absolute Gasteiger partial charge is 0.440 e. The number of primary amides is 1. The van der Waals surface area contributed by atoms with Crippen LogP contribution in [0.4, 0.5) is 5.69 Å². The molecule has 0 fully saturated rings. The first-order chi connectivity index (χ1) is 9.88. The Balaban J connectivity index is 2.29. The van der Waals surface area contributed by atoms with Crippen molar-refractivity contribution < 1.29 is 19.6 Å². The molecule has 0 saturated heterocycles. The van der Waals surface area contributed by atoms with Gasteiger partial charge in [0.15, 0.2) is 0 Å². The maximum absolute atomic E-state index is 11.0. The van der Waals surface area contributed by atoms with Crippen LogP contribution in [-0.4, -0.2) is 15.9 Å². The predicted octanol–water partition coefficient (Wildman–Crippen LogP) is 2.60. The maximum Gasteiger partial charge on any atom is 0.323 e. The number of thiophene rings is 1. The number of ether oxygens (including phenoxy) is 1. The molecule has 1 heterocycles. The molecule has 21 heavy (non-hydrogen) atoms. The van der Waals surface area contributed by atoms with Crippen LogP contribution in [0.2, 0.25) is 0 Å². The topological polar surface area (TPSA) is 116 Å². The Bertz CT molecular complexity index is 678. The number of aliphatic hydroxyl groups is 1. The highest BCUT2D eigenvalue weighted by Crippen LogP contribution is 2.41. The number of hydrogen-bond donors (Lipinski definition) is 2. The highest BCUT2D eigenvalue weighted by Gasteiger charge is 2.23. The number of benzene rings is 1. The summed E-state index contributed by atoms with van der Waals surface area (Å²) in [6.45, 7) is 1.51. The second-order valence-electron chi connectivity index (χ2n) is 4.25. The van der Waals surface area contributed by atoms with Crippen LogP contribution in [-0.2, 0) is 0 Å². The van der Waals surface area contributed by atoms with Crippen LogP contribution in [0.5, 0.6) is 10.8 Å². The van der Waals surface area contributed by atoms with E-state index in [1.807, 2.05) is 0 Å². The molecule has 110 valence electrons. The van der Waals surface area contributed by atoms with Gasteiger partial charge in [-0.1, -0.05) is 11.3 Å². The lowest BCUT2D eigenvalue weighted by Gasteiger charge is -2.03. The van der Waals surface area contributed by atoms with Crippen LogP contribution in [0.3, 0.4) is 0 Å². The SMILES string of the molecule is C[C@H](O)c1cc([N+](=O)[O-])c(Oc2ccc(C(N)=O)cc2)s1. The van der Waals surface area contributed by atoms with Crippen molar-refractivity contribution in [2.45, 2.75) is 13.0 Å². The van der Waals surface area contributed by atoms with E-state index in [9.17, 15) is 20.0 Å². The van der Waals surface area contributed by atoms with Crippen LogP contribution in [0.25, 0.3) is 0 Å². The summed E-state index contributed by atoms with van der Waals surface area (Å²) in [6, 6.07) is 7.19. The fourth-order valence-electron chi connectivity index (χ4n) is 1.58. The summed E-state index contributed by atoms with van der Waals surface area (Å²) < 4.78 is 5.45. The fourth-order valence-corrected chi connectivity index (χ4v) is 2.51. The van der Waals surface area contributed by atoms with Crippen molar-refractivity contribution in [2.75, 3.05) is 0 Å². The van der Waals surface area contributed by atoms with Crippen molar-refractivity contribution >= 4 is 22.9 Å². The zero-order valence-electron chi connectivity index (χ0n) is 11.0. The average molecular weight is 308 g/mol. The van der Waals surface area contributed by atoms with E-state index in [0.717, 1.165) is 11.3 Å². The van der Waals surface area contributed by atoms with E-state index in [4.69, 9.17) is 10.5 Å². The predicted molar refractivity (Wildman–Crippen MR) is 76.6 cm³/mol. The average Bonchev–Trinajstić information content (AvgIpc) is 2.83. The molecule has 0 aliphatic rings. The molecule has 3 N–H and O–H groups in total. The van der Waals surface area contributed by atoms with Gasteiger partial charge < -0.3 is 15.6 Å². The third-order valence-electron chi connectivity index (χ3n) is 2.66. The summed E-state index contributed by atoms with van der Waals surface area (Å²) >= 11 is 0.996. The number of carbonyl (C=O) groups is 1. The minimum Gasteiger partial charge on any atom is -0.440 e. The third kappa shape index (κ3) is 3.36. The van der Waals surface area contributed by atoms with Gasteiger partial charge in [-0.15, -0.1) is 0 Å². The summed E-state index contributed by atoms with van der Waals surface area (Å²) in [6.07, 6.45) is -0.816. The van der Waals surface area contributed by atoms with Gasteiger partial charge in [-0.25, -0.2) is 0 Å². The Morgan fingerprint density at radius 2 is 2.05 bits per heavy atom. The van der Waals surface area contributed by atoms with Crippen molar-refractivity contribution in [3.63, 3.8) is 0 Å². The fraction of sp³-hybridized carbons (Fsp3) is 0.154. The van der Waals surface area contributed by atoms with E-state index < -0.39 is 16.9 Å². The molecule has 0 spiro atoms. The van der Waals surface area contributed by atoms with Gasteiger partial charge in [0.1, 0.15) is 5.75 Å². The minimum absolute atomic E-state index is 0.0720. The minimum atomic E-state index is -0.816. The number of nitrogens with two attached hydrogens (primary N) is 1. The number of rotatable bonds is 5. The summed E-state index contributed by atoms with van der Waals surface area (Å²) in [4.78, 5) is 21.8. The highest BCUT2D eigenvalue weighted by molar-refractivity contribution is 7.14. The van der Waals surface area contributed by atoms with E-state index in [-0.39, 0.29) is 10.8 Å². The molecule has 8 heteroatoms. The van der Waals surface area contributed by atoms with Gasteiger partial charge in [0.2, 0.25) is 5.91 Å². The summed E-state index contributed by atoms with van der Waals surface area (Å²) in [5, 5.41) is 20.5. The van der Waals surface area contributed by atoms with Gasteiger partial charge in [0.05, 0.1) is 11.0 Å². The highest BCUT2D eigenvalue weighted by atomic mass is 32.1. The van der Waals surface area contributed by atoms with Crippen LogP contribution in [0.1, 0.15) is 28.3 Å². The summed E-state index contributed by atoms with van der Waals surface area (Å²) in [7, 11) is 0. The Hall–Kier alpha value is -2.45. The summed E-state index contributed by atoms with van der Waals surface area (Å²) in [5.41, 5.74) is 5.22. The van der Waals surface area contributed by atoms with Crippen molar-refractivity contribution in [1.29, 1.82) is 0 Å². The Kier molecular flexibility index (Phi) is 4.20. The number of hydrogen-bond acceptors (Lipinski definition) is 6. The Labute approximate surface area is 123 Å². The quantitative estimate of drug-likeness (QED) is 0.650. The number of amides is 1. The summed E-state index contributed by atoms with van der Waals surface area (Å²) in [5.74, 6) is -0.234. The molecule has 0 bridgehead atoms. The molecule has 1 atom stereocenters. The first-order valence-electron chi connectivity index (χ1n) is 5.92. The first kappa shape index (κ1) is 14.9. The number of nitro groups is 1. The van der Waals surface area contributed by atoms with E-state index in [1.54, 1.807) is 0 Å². The molecule has 0 aliphatic heterocycles. The van der Waals surface area contributed by atoms with E-state index >= 15 is 0 Å². The third-order valence-corrected chi connectivity index (χ3v) is 3.83. The first-order valence-corrected chi connectivity index (χ1v) is 6.74. The van der Waals surface area contributed by atoms with Gasteiger partial charge in [0.25, 0.3) is 5.06 Å². The van der Waals surface area contributed by atoms with Crippen LogP contribution in [0, 0.1) is 10.1 Å². The van der Waals surface area contributed by atoms with Crippen molar-refractivity contribution in [3.05, 3.63) is 50.9 Å². The van der Waals surface area contributed by atoms with Crippen LogP contribution in [0.15, 0.2) is 30.3 Å². The molecule has 1 amide bonds. The number of nitrogens with zero attached hydrogens (tertiary/aromatic N) is 1. The van der Waals surface area contributed by atoms with Crippen molar-refractivity contribution in [1.82, 2.24) is 0 Å². The number of aliphatic hydroxyl groups excluding tert-OH is 1. The molecular formula is C13H12N2O5S. The van der Waals surface area contributed by atoms with Crippen LogP contribution < -0.4 is 10.5 Å².